The van der Waals surface area contributed by atoms with Crippen molar-refractivity contribution in [1.29, 1.82) is 0 Å². The summed E-state index contributed by atoms with van der Waals surface area (Å²) in [5.74, 6) is 0.560. The van der Waals surface area contributed by atoms with Crippen molar-refractivity contribution in [2.24, 2.45) is 0 Å². The second kappa shape index (κ2) is 7.07. The van der Waals surface area contributed by atoms with E-state index in [4.69, 9.17) is 4.74 Å². The fraction of sp³-hybridized carbons (Fsp3) is 0.111. The van der Waals surface area contributed by atoms with Crippen LogP contribution in [0.1, 0.15) is 20.8 Å². The first-order valence-electron chi connectivity index (χ1n) is 7.21. The zero-order valence-corrected chi connectivity index (χ0v) is 13.5. The number of carbonyl (C=O) groups is 1. The van der Waals surface area contributed by atoms with Gasteiger partial charge < -0.3 is 4.74 Å². The van der Waals surface area contributed by atoms with Gasteiger partial charge in [0, 0.05) is 16.6 Å². The number of anilines is 1. The van der Waals surface area contributed by atoms with E-state index in [9.17, 15) is 4.79 Å². The summed E-state index contributed by atoms with van der Waals surface area (Å²) < 4.78 is 5.71. The summed E-state index contributed by atoms with van der Waals surface area (Å²) in [5, 5.41) is 3.39. The number of aryl methyl sites for hydroxylation is 1. The molecule has 1 N–H and O–H groups in total. The molecule has 0 spiro atoms. The van der Waals surface area contributed by atoms with Crippen molar-refractivity contribution >= 4 is 22.4 Å². The quantitative estimate of drug-likeness (QED) is 0.762. The maximum atomic E-state index is 12.1. The van der Waals surface area contributed by atoms with E-state index in [1.165, 1.54) is 11.3 Å². The van der Waals surface area contributed by atoms with Crippen molar-refractivity contribution in [2.75, 3.05) is 5.32 Å². The minimum absolute atomic E-state index is 0.172. The van der Waals surface area contributed by atoms with Crippen LogP contribution in [0.4, 0.5) is 5.13 Å². The molecule has 0 saturated carbocycles. The third kappa shape index (κ3) is 4.17. The SMILES string of the molecule is Cc1cnc(NC(=O)c2ccc(OCc3ccccc3)cc2)s1. The van der Waals surface area contributed by atoms with Crippen LogP contribution in [0.15, 0.2) is 60.8 Å². The predicted octanol–water partition coefficient (Wildman–Crippen LogP) is 4.28. The monoisotopic (exact) mass is 324 g/mol. The van der Waals surface area contributed by atoms with Gasteiger partial charge in [-0.25, -0.2) is 4.98 Å². The number of nitrogens with zero attached hydrogens (tertiary/aromatic N) is 1. The molecule has 1 heterocycles. The zero-order valence-electron chi connectivity index (χ0n) is 12.7. The second-order valence-corrected chi connectivity index (χ2v) is 6.26. The number of aromatic nitrogens is 1. The Labute approximate surface area is 138 Å². The van der Waals surface area contributed by atoms with E-state index in [0.717, 1.165) is 16.2 Å². The number of ether oxygens (including phenoxy) is 1. The van der Waals surface area contributed by atoms with Crippen LogP contribution in [0.2, 0.25) is 0 Å². The lowest BCUT2D eigenvalue weighted by atomic mass is 10.2. The Morgan fingerprint density at radius 1 is 1.13 bits per heavy atom. The first-order chi connectivity index (χ1) is 11.2. The van der Waals surface area contributed by atoms with Crippen molar-refractivity contribution in [3.63, 3.8) is 0 Å². The highest BCUT2D eigenvalue weighted by atomic mass is 32.1. The van der Waals surface area contributed by atoms with Crippen LogP contribution in [0, 0.1) is 6.92 Å². The van der Waals surface area contributed by atoms with Crippen LogP contribution in [0.3, 0.4) is 0 Å². The number of nitrogens with one attached hydrogen (secondary N) is 1. The maximum absolute atomic E-state index is 12.1. The van der Waals surface area contributed by atoms with Crippen molar-refractivity contribution in [3.05, 3.63) is 76.8 Å². The maximum Gasteiger partial charge on any atom is 0.257 e. The summed E-state index contributed by atoms with van der Waals surface area (Å²) in [7, 11) is 0. The largest absolute Gasteiger partial charge is 0.489 e. The van der Waals surface area contributed by atoms with Gasteiger partial charge in [0.1, 0.15) is 12.4 Å². The molecule has 0 aliphatic heterocycles. The van der Waals surface area contributed by atoms with Gasteiger partial charge in [0.25, 0.3) is 5.91 Å². The highest BCUT2D eigenvalue weighted by Crippen LogP contribution is 2.19. The molecule has 1 amide bonds. The third-order valence-electron chi connectivity index (χ3n) is 3.21. The average molecular weight is 324 g/mol. The fourth-order valence-electron chi connectivity index (χ4n) is 2.03. The van der Waals surface area contributed by atoms with Crippen LogP contribution in [-0.4, -0.2) is 10.9 Å². The Bertz CT molecular complexity index is 782. The molecule has 0 radical (unpaired) electrons. The molecule has 4 nitrogen and oxygen atoms in total. The fourth-order valence-corrected chi connectivity index (χ4v) is 2.68. The van der Waals surface area contributed by atoms with E-state index in [1.807, 2.05) is 37.3 Å². The Morgan fingerprint density at radius 3 is 2.52 bits per heavy atom. The van der Waals surface area contributed by atoms with E-state index >= 15 is 0 Å². The highest BCUT2D eigenvalue weighted by molar-refractivity contribution is 7.15. The van der Waals surface area contributed by atoms with Crippen LogP contribution >= 0.6 is 11.3 Å². The lowest BCUT2D eigenvalue weighted by Gasteiger charge is -2.07. The molecule has 0 aliphatic carbocycles. The van der Waals surface area contributed by atoms with Gasteiger partial charge in [0.05, 0.1) is 0 Å². The van der Waals surface area contributed by atoms with Crippen LogP contribution in [-0.2, 0) is 6.61 Å². The molecular weight excluding hydrogens is 308 g/mol. The Morgan fingerprint density at radius 2 is 1.87 bits per heavy atom. The van der Waals surface area contributed by atoms with Crippen LogP contribution in [0.25, 0.3) is 0 Å². The standard InChI is InChI=1S/C18H16N2O2S/c1-13-11-19-18(23-13)20-17(21)15-7-9-16(10-8-15)22-12-14-5-3-2-4-6-14/h2-11H,12H2,1H3,(H,19,20,21). The van der Waals surface area contributed by atoms with Crippen LogP contribution in [0.5, 0.6) is 5.75 Å². The van der Waals surface area contributed by atoms with Gasteiger partial charge in [-0.1, -0.05) is 30.3 Å². The molecule has 116 valence electrons. The molecule has 0 atom stereocenters. The minimum Gasteiger partial charge on any atom is -0.489 e. The number of amides is 1. The first-order valence-corrected chi connectivity index (χ1v) is 8.03. The Balaban J connectivity index is 1.59. The van der Waals surface area contributed by atoms with E-state index < -0.39 is 0 Å². The highest BCUT2D eigenvalue weighted by Gasteiger charge is 2.08. The molecule has 0 unspecified atom stereocenters. The van der Waals surface area contributed by atoms with Gasteiger partial charge in [-0.3, -0.25) is 10.1 Å². The van der Waals surface area contributed by atoms with Gasteiger partial charge in [-0.2, -0.15) is 0 Å². The van der Waals surface area contributed by atoms with E-state index in [2.05, 4.69) is 10.3 Å². The minimum atomic E-state index is -0.172. The number of benzene rings is 2. The van der Waals surface area contributed by atoms with Gasteiger partial charge >= 0.3 is 0 Å². The number of hydrogen-bond donors (Lipinski definition) is 1. The molecule has 1 aromatic heterocycles. The van der Waals surface area contributed by atoms with Gasteiger partial charge in [-0.15, -0.1) is 11.3 Å². The van der Waals surface area contributed by atoms with E-state index in [0.29, 0.717) is 17.3 Å². The number of thiazole rings is 1. The Kier molecular flexibility index (Phi) is 4.68. The van der Waals surface area contributed by atoms with Crippen molar-refractivity contribution < 1.29 is 9.53 Å². The van der Waals surface area contributed by atoms with E-state index in [-0.39, 0.29) is 5.91 Å². The lowest BCUT2D eigenvalue weighted by molar-refractivity contribution is 0.102. The molecule has 0 fully saturated rings. The number of carbonyl (C=O) groups excluding carboxylic acids is 1. The summed E-state index contributed by atoms with van der Waals surface area (Å²) in [6.45, 7) is 2.46. The molecule has 3 rings (SSSR count). The Hall–Kier alpha value is -2.66. The third-order valence-corrected chi connectivity index (χ3v) is 4.03. The van der Waals surface area contributed by atoms with Gasteiger partial charge in [0.15, 0.2) is 5.13 Å². The number of hydrogen-bond acceptors (Lipinski definition) is 4. The molecule has 0 aliphatic rings. The van der Waals surface area contributed by atoms with Crippen molar-refractivity contribution in [3.8, 4) is 5.75 Å². The zero-order chi connectivity index (χ0) is 16.1. The molecule has 3 aromatic rings. The van der Waals surface area contributed by atoms with E-state index in [1.54, 1.807) is 30.5 Å². The topological polar surface area (TPSA) is 51.2 Å². The summed E-state index contributed by atoms with van der Waals surface area (Å²) in [6.07, 6.45) is 1.74. The normalized spacial score (nSPS) is 10.3. The molecule has 0 bridgehead atoms. The smallest absolute Gasteiger partial charge is 0.257 e. The summed E-state index contributed by atoms with van der Waals surface area (Å²) in [4.78, 5) is 17.3. The van der Waals surface area contributed by atoms with Crippen molar-refractivity contribution in [1.82, 2.24) is 4.98 Å². The summed E-state index contributed by atoms with van der Waals surface area (Å²) in [6, 6.07) is 17.0. The molecule has 2 aromatic carbocycles. The summed E-state index contributed by atoms with van der Waals surface area (Å²) >= 11 is 1.45. The van der Waals surface area contributed by atoms with Crippen LogP contribution < -0.4 is 10.1 Å². The average Bonchev–Trinajstić information content (AvgIpc) is 2.99. The number of rotatable bonds is 5. The predicted molar refractivity (Wildman–Crippen MR) is 92.0 cm³/mol. The first kappa shape index (κ1) is 15.2. The summed E-state index contributed by atoms with van der Waals surface area (Å²) in [5.41, 5.74) is 1.68. The van der Waals surface area contributed by atoms with Gasteiger partial charge in [0.2, 0.25) is 0 Å². The van der Waals surface area contributed by atoms with Gasteiger partial charge in [-0.05, 0) is 36.8 Å². The molecule has 5 heteroatoms. The lowest BCUT2D eigenvalue weighted by Crippen LogP contribution is -2.11. The van der Waals surface area contributed by atoms with Crippen molar-refractivity contribution in [2.45, 2.75) is 13.5 Å². The second-order valence-electron chi connectivity index (χ2n) is 5.03. The molecular formula is C18H16N2O2S. The molecule has 23 heavy (non-hydrogen) atoms. The molecule has 0 saturated heterocycles.